The summed E-state index contributed by atoms with van der Waals surface area (Å²) in [6, 6.07) is 2.24. The van der Waals surface area contributed by atoms with Gasteiger partial charge >= 0.3 is 0 Å². The molecule has 3 heteroatoms. The minimum absolute atomic E-state index is 0.0526. The molecule has 0 unspecified atom stereocenters. The molecular formula is C13H18N2O. The topological polar surface area (TPSA) is 44.1 Å². The number of carbonyl (C=O) groups is 1. The van der Waals surface area contributed by atoms with Crippen LogP contribution < -0.4 is 0 Å². The summed E-state index contributed by atoms with van der Waals surface area (Å²) in [6.07, 6.45) is 4.51. The van der Waals surface area contributed by atoms with Crippen LogP contribution in [-0.2, 0) is 4.79 Å². The van der Waals surface area contributed by atoms with Crippen molar-refractivity contribution in [2.24, 2.45) is 11.3 Å². The van der Waals surface area contributed by atoms with E-state index in [2.05, 4.69) is 26.0 Å². The lowest BCUT2D eigenvalue weighted by Crippen LogP contribution is -2.51. The second-order valence-corrected chi connectivity index (χ2v) is 5.26. The molecule has 0 aromatic rings. The van der Waals surface area contributed by atoms with Crippen LogP contribution in [-0.4, -0.2) is 23.9 Å². The molecule has 0 spiro atoms. The molecular weight excluding hydrogens is 200 g/mol. The van der Waals surface area contributed by atoms with Gasteiger partial charge in [0.2, 0.25) is 5.91 Å². The first-order valence-electron chi connectivity index (χ1n) is 5.94. The lowest BCUT2D eigenvalue weighted by Gasteiger charge is -2.42. The third kappa shape index (κ3) is 1.73. The predicted molar refractivity (Wildman–Crippen MR) is 61.4 cm³/mol. The average Bonchev–Trinajstić information content (AvgIpc) is 2.24. The van der Waals surface area contributed by atoms with Gasteiger partial charge in [-0.15, -0.1) is 0 Å². The fraction of sp³-hybridized carbons (Fsp3) is 0.692. The van der Waals surface area contributed by atoms with Crippen LogP contribution in [0.25, 0.3) is 0 Å². The van der Waals surface area contributed by atoms with E-state index < -0.39 is 5.41 Å². The number of carbonyl (C=O) groups excluding carboxylic acids is 1. The molecule has 1 aliphatic carbocycles. The largest absolute Gasteiger partial charge is 0.337 e. The Bertz CT molecular complexity index is 372. The summed E-state index contributed by atoms with van der Waals surface area (Å²) in [5.74, 6) is 0.572. The van der Waals surface area contributed by atoms with Gasteiger partial charge in [-0.3, -0.25) is 4.79 Å². The number of amides is 1. The molecule has 0 N–H and O–H groups in total. The summed E-state index contributed by atoms with van der Waals surface area (Å²) in [5.41, 5.74) is 0.649. The first-order valence-corrected chi connectivity index (χ1v) is 5.94. The maximum absolute atomic E-state index is 12.3. The molecule has 0 aromatic carbocycles. The molecule has 2 rings (SSSR count). The van der Waals surface area contributed by atoms with Gasteiger partial charge in [0.25, 0.3) is 0 Å². The van der Waals surface area contributed by atoms with E-state index in [0.717, 1.165) is 25.8 Å². The van der Waals surface area contributed by atoms with E-state index in [1.54, 1.807) is 0 Å². The van der Waals surface area contributed by atoms with Crippen LogP contribution in [0.3, 0.4) is 0 Å². The fourth-order valence-electron chi connectivity index (χ4n) is 2.70. The summed E-state index contributed by atoms with van der Waals surface area (Å²) in [7, 11) is 0. The predicted octanol–water partition coefficient (Wildman–Crippen LogP) is 2.10. The third-order valence-corrected chi connectivity index (χ3v) is 3.74. The SMILES string of the molecule is CC1=CCN(C(=O)C2(C#N)CC(C)C2)CC1. The number of nitriles is 1. The molecule has 16 heavy (non-hydrogen) atoms. The van der Waals surface area contributed by atoms with Crippen molar-refractivity contribution in [3.8, 4) is 6.07 Å². The van der Waals surface area contributed by atoms with E-state index in [9.17, 15) is 10.1 Å². The minimum atomic E-state index is -0.696. The molecule has 0 bridgehead atoms. The zero-order valence-electron chi connectivity index (χ0n) is 9.99. The minimum Gasteiger partial charge on any atom is -0.337 e. The molecule has 1 heterocycles. The monoisotopic (exact) mass is 218 g/mol. The molecule has 86 valence electrons. The Morgan fingerprint density at radius 1 is 1.62 bits per heavy atom. The number of rotatable bonds is 1. The lowest BCUT2D eigenvalue weighted by atomic mass is 9.62. The second kappa shape index (κ2) is 3.93. The number of hydrogen-bond acceptors (Lipinski definition) is 2. The molecule has 1 fully saturated rings. The molecule has 1 aliphatic heterocycles. The molecule has 2 aliphatic rings. The highest BCUT2D eigenvalue weighted by atomic mass is 16.2. The van der Waals surface area contributed by atoms with E-state index in [0.29, 0.717) is 12.5 Å². The van der Waals surface area contributed by atoms with Crippen molar-refractivity contribution >= 4 is 5.91 Å². The smallest absolute Gasteiger partial charge is 0.243 e. The van der Waals surface area contributed by atoms with Crippen LogP contribution >= 0.6 is 0 Å². The Balaban J connectivity index is 2.06. The summed E-state index contributed by atoms with van der Waals surface area (Å²) >= 11 is 0. The van der Waals surface area contributed by atoms with Gasteiger partial charge in [0.1, 0.15) is 5.41 Å². The Morgan fingerprint density at radius 2 is 2.31 bits per heavy atom. The van der Waals surface area contributed by atoms with Crippen LogP contribution in [0.15, 0.2) is 11.6 Å². The number of nitrogens with zero attached hydrogens (tertiary/aromatic N) is 2. The highest BCUT2D eigenvalue weighted by molar-refractivity contribution is 5.86. The Kier molecular flexibility index (Phi) is 2.75. The van der Waals surface area contributed by atoms with E-state index in [4.69, 9.17) is 0 Å². The van der Waals surface area contributed by atoms with Gasteiger partial charge in [0, 0.05) is 13.1 Å². The van der Waals surface area contributed by atoms with Crippen molar-refractivity contribution in [2.75, 3.05) is 13.1 Å². The van der Waals surface area contributed by atoms with Gasteiger partial charge in [-0.2, -0.15) is 5.26 Å². The van der Waals surface area contributed by atoms with Crippen molar-refractivity contribution in [3.05, 3.63) is 11.6 Å². The zero-order chi connectivity index (χ0) is 11.8. The maximum Gasteiger partial charge on any atom is 0.243 e. The Morgan fingerprint density at radius 3 is 2.75 bits per heavy atom. The molecule has 1 amide bonds. The van der Waals surface area contributed by atoms with Gasteiger partial charge in [0.15, 0.2) is 0 Å². The summed E-state index contributed by atoms with van der Waals surface area (Å²) in [4.78, 5) is 14.1. The first-order chi connectivity index (χ1) is 7.57. The first kappa shape index (κ1) is 11.2. The van der Waals surface area contributed by atoms with Gasteiger partial charge in [-0.05, 0) is 32.1 Å². The standard InChI is InChI=1S/C13H18N2O/c1-10-3-5-15(6-4-10)12(16)13(9-14)7-11(2)8-13/h3,11H,4-8H2,1-2H3. The van der Waals surface area contributed by atoms with E-state index in [-0.39, 0.29) is 5.91 Å². The van der Waals surface area contributed by atoms with Crippen LogP contribution in [0.2, 0.25) is 0 Å². The average molecular weight is 218 g/mol. The van der Waals surface area contributed by atoms with Crippen LogP contribution in [0, 0.1) is 22.7 Å². The Hall–Kier alpha value is -1.30. The highest BCUT2D eigenvalue weighted by Gasteiger charge is 2.50. The van der Waals surface area contributed by atoms with Crippen LogP contribution in [0.5, 0.6) is 0 Å². The van der Waals surface area contributed by atoms with E-state index >= 15 is 0 Å². The normalized spacial score (nSPS) is 33.7. The van der Waals surface area contributed by atoms with Crippen molar-refractivity contribution in [2.45, 2.75) is 33.1 Å². The molecule has 0 atom stereocenters. The van der Waals surface area contributed by atoms with Crippen LogP contribution in [0.1, 0.15) is 33.1 Å². The van der Waals surface area contributed by atoms with E-state index in [1.165, 1.54) is 5.57 Å². The third-order valence-electron chi connectivity index (χ3n) is 3.74. The van der Waals surface area contributed by atoms with Gasteiger partial charge in [0.05, 0.1) is 6.07 Å². The summed E-state index contributed by atoms with van der Waals surface area (Å²) in [6.45, 7) is 5.65. The molecule has 3 nitrogen and oxygen atoms in total. The molecule has 1 saturated carbocycles. The van der Waals surface area contributed by atoms with Crippen molar-refractivity contribution in [1.29, 1.82) is 5.26 Å². The Labute approximate surface area is 96.7 Å². The zero-order valence-corrected chi connectivity index (χ0v) is 9.99. The van der Waals surface area contributed by atoms with Gasteiger partial charge < -0.3 is 4.90 Å². The molecule has 0 radical (unpaired) electrons. The van der Waals surface area contributed by atoms with E-state index in [1.807, 2.05) is 4.90 Å². The molecule has 0 saturated heterocycles. The maximum atomic E-state index is 12.3. The highest BCUT2D eigenvalue weighted by Crippen LogP contribution is 2.46. The van der Waals surface area contributed by atoms with Gasteiger partial charge in [-0.1, -0.05) is 18.6 Å². The number of hydrogen-bond donors (Lipinski definition) is 0. The van der Waals surface area contributed by atoms with Crippen molar-refractivity contribution < 1.29 is 4.79 Å². The molecule has 0 aromatic heterocycles. The van der Waals surface area contributed by atoms with Crippen LogP contribution in [0.4, 0.5) is 0 Å². The quantitative estimate of drug-likeness (QED) is 0.633. The lowest BCUT2D eigenvalue weighted by molar-refractivity contribution is -0.144. The van der Waals surface area contributed by atoms with Gasteiger partial charge in [-0.25, -0.2) is 0 Å². The second-order valence-electron chi connectivity index (χ2n) is 5.26. The summed E-state index contributed by atoms with van der Waals surface area (Å²) < 4.78 is 0. The van der Waals surface area contributed by atoms with Crippen molar-refractivity contribution in [3.63, 3.8) is 0 Å². The van der Waals surface area contributed by atoms with Crippen molar-refractivity contribution in [1.82, 2.24) is 4.90 Å². The summed E-state index contributed by atoms with van der Waals surface area (Å²) in [5, 5.41) is 9.19. The fourth-order valence-corrected chi connectivity index (χ4v) is 2.70.